The van der Waals surface area contributed by atoms with E-state index in [0.717, 1.165) is 123 Å². The largest absolute Gasteiger partial charge is 1.00 e. The van der Waals surface area contributed by atoms with Gasteiger partial charge in [0.1, 0.15) is 42.6 Å². The van der Waals surface area contributed by atoms with Crippen LogP contribution in [0.4, 0.5) is 0 Å². The fourth-order valence-corrected chi connectivity index (χ4v) is 7.98. The van der Waals surface area contributed by atoms with Gasteiger partial charge < -0.3 is 34.7 Å². The van der Waals surface area contributed by atoms with E-state index in [4.69, 9.17) is 24.4 Å². The van der Waals surface area contributed by atoms with Gasteiger partial charge in [-0.2, -0.15) is 0 Å². The number of carboxylic acids is 1. The van der Waals surface area contributed by atoms with Crippen molar-refractivity contribution in [3.63, 3.8) is 0 Å². The Kier molecular flexibility index (Phi) is 28.7. The predicted molar refractivity (Wildman–Crippen MR) is 291 cm³/mol. The smallest absolute Gasteiger partial charge is 0.550 e. The first kappa shape index (κ1) is 63.2. The number of aromatic amines is 2. The number of likely N-dealkylation sites (tertiary alicyclic amines) is 1. The van der Waals surface area contributed by atoms with Crippen molar-refractivity contribution in [1.29, 1.82) is 0 Å². The Morgan fingerprint density at radius 2 is 0.974 bits per heavy atom. The normalized spacial score (nSPS) is 12.9. The minimum Gasteiger partial charge on any atom is -0.550 e. The molecule has 3 radical (unpaired) electrons. The molecule has 0 bridgehead atoms. The molecule has 0 amide bonds. The second-order valence-corrected chi connectivity index (χ2v) is 17.4. The van der Waals surface area contributed by atoms with Crippen molar-refractivity contribution in [1.82, 2.24) is 30.2 Å². The molecule has 3 N–H and O–H groups in total. The van der Waals surface area contributed by atoms with Gasteiger partial charge in [-0.25, -0.2) is 29.3 Å². The first-order chi connectivity index (χ1) is 35.5. The van der Waals surface area contributed by atoms with E-state index >= 15 is 0 Å². The van der Waals surface area contributed by atoms with Crippen LogP contribution in [-0.2, 0) is 43.9 Å². The molecule has 0 saturated carbocycles. The molecule has 15 nitrogen and oxygen atoms in total. The molecule has 17 heteroatoms. The van der Waals surface area contributed by atoms with Gasteiger partial charge in [0.2, 0.25) is 0 Å². The maximum absolute atomic E-state index is 10.5. The number of imidazole rings is 2. The van der Waals surface area contributed by atoms with Gasteiger partial charge in [-0.1, -0.05) is 104 Å². The minimum absolute atomic E-state index is 0. The Bertz CT molecular complexity index is 2830. The van der Waals surface area contributed by atoms with Crippen molar-refractivity contribution in [3.05, 3.63) is 192 Å². The summed E-state index contributed by atoms with van der Waals surface area (Å²) in [5.74, 6) is 2.79. The standard InChI is InChI=1S/C26H27N3O.C14H12O2.C12H15N3.C4H6O4.C2H4O2.CH4.B.Na/c1-2-6-21(7-3-1)19-30-23-12-10-20(11-13-23)18-29-16-14-22(15-17-29)26-27-24-8-4-5-9-25(24)28-26;15-10-12-6-8-14(9-7-12)16-11-13-4-2-1-3-5-13;1-2-4-11-10(3-1)14-12(15-11)9-5-7-13-8-6-9;1-3(5)7-8-4(2)6;1-2(3)4;;;/h1-13,22H,14-19H2,(H,27,28);1-10H,11H2;1-4,9,13H,5-8H2,(H,14,15);1-2H3;1H3,(H,3,4);1H4;;/q;;;;;;;+1/p-1. The number of hydrogen-bond acceptors (Lipinski definition) is 13. The van der Waals surface area contributed by atoms with Gasteiger partial charge in [0.25, 0.3) is 0 Å². The molecule has 76 heavy (non-hydrogen) atoms. The van der Waals surface area contributed by atoms with E-state index in [1.54, 1.807) is 24.3 Å². The summed E-state index contributed by atoms with van der Waals surface area (Å²) in [7, 11) is 0. The van der Waals surface area contributed by atoms with Gasteiger partial charge in [-0.3, -0.25) is 9.69 Å². The van der Waals surface area contributed by atoms with Crippen LogP contribution in [0.25, 0.3) is 22.1 Å². The maximum Gasteiger partial charge on any atom is 1.00 e. The molecule has 6 aromatic carbocycles. The zero-order valence-corrected chi connectivity index (χ0v) is 45.1. The number of nitrogens with zero attached hydrogens (tertiary/aromatic N) is 3. The van der Waals surface area contributed by atoms with Gasteiger partial charge in [0.05, 0.1) is 22.1 Å². The van der Waals surface area contributed by atoms with Crippen molar-refractivity contribution in [2.45, 2.75) is 85.5 Å². The van der Waals surface area contributed by atoms with Crippen LogP contribution in [0.1, 0.15) is 104 Å². The number of benzene rings is 6. The third kappa shape index (κ3) is 22.4. The van der Waals surface area contributed by atoms with Crippen LogP contribution < -0.4 is 49.5 Å². The van der Waals surface area contributed by atoms with Crippen LogP contribution in [0.3, 0.4) is 0 Å². The third-order valence-corrected chi connectivity index (χ3v) is 11.6. The predicted octanol–water partition coefficient (Wildman–Crippen LogP) is 6.67. The maximum atomic E-state index is 10.5. The van der Waals surface area contributed by atoms with E-state index < -0.39 is 17.9 Å². The zero-order valence-electron chi connectivity index (χ0n) is 43.1. The van der Waals surface area contributed by atoms with Crippen LogP contribution in [0.2, 0.25) is 0 Å². The van der Waals surface area contributed by atoms with E-state index in [1.807, 2.05) is 66.7 Å². The van der Waals surface area contributed by atoms with Crippen molar-refractivity contribution < 1.29 is 73.1 Å². The van der Waals surface area contributed by atoms with Crippen LogP contribution in [-0.4, -0.2) is 83.6 Å². The number of H-pyrrole nitrogens is 2. The number of aldehydes is 1. The van der Waals surface area contributed by atoms with Gasteiger partial charge >= 0.3 is 41.5 Å². The van der Waals surface area contributed by atoms with Crippen molar-refractivity contribution >= 4 is 54.7 Å². The molecule has 0 atom stereocenters. The number of fused-ring (bicyclic) bond motifs is 2. The van der Waals surface area contributed by atoms with Crippen LogP contribution >= 0.6 is 0 Å². The van der Waals surface area contributed by atoms with E-state index in [1.165, 1.54) is 24.0 Å². The van der Waals surface area contributed by atoms with Gasteiger partial charge in [-0.15, -0.1) is 0 Å². The molecule has 10 rings (SSSR count). The molecule has 391 valence electrons. The first-order valence-electron chi connectivity index (χ1n) is 24.3. The number of carbonyl (C=O) groups is 4. The molecule has 2 aliphatic rings. The summed E-state index contributed by atoms with van der Waals surface area (Å²) < 4.78 is 11.5. The number of nitrogens with one attached hydrogen (secondary N) is 3. The Morgan fingerprint density at radius 1 is 0.579 bits per heavy atom. The molecular formula is C59H67BN6NaO9. The molecule has 2 saturated heterocycles. The van der Waals surface area contributed by atoms with E-state index in [9.17, 15) is 14.4 Å². The van der Waals surface area contributed by atoms with Crippen LogP contribution in [0, 0.1) is 0 Å². The Hall–Kier alpha value is -7.08. The second kappa shape index (κ2) is 34.5. The number of rotatable bonds is 11. The topological polar surface area (TPSA) is 201 Å². The average Bonchev–Trinajstić information content (AvgIpc) is 4.07. The second-order valence-electron chi connectivity index (χ2n) is 17.4. The monoisotopic (exact) mass is 1040 g/mol. The number of aliphatic carboxylic acids is 1. The van der Waals surface area contributed by atoms with Gasteiger partial charge in [0, 0.05) is 52.2 Å². The number of para-hydroxylation sites is 4. The quantitative estimate of drug-likeness (QED) is 0.0537. The number of aromatic nitrogens is 4. The summed E-state index contributed by atoms with van der Waals surface area (Å²) in [6.07, 6.45) is 5.51. The fourth-order valence-electron chi connectivity index (χ4n) is 7.98. The molecule has 2 fully saturated rings. The van der Waals surface area contributed by atoms with Crippen LogP contribution in [0.15, 0.2) is 158 Å². The van der Waals surface area contributed by atoms with E-state index in [2.05, 4.69) is 102 Å². The Labute approximate surface area is 469 Å². The van der Waals surface area contributed by atoms with Crippen LogP contribution in [0.5, 0.6) is 11.5 Å². The van der Waals surface area contributed by atoms with E-state index in [-0.39, 0.29) is 45.4 Å². The molecule has 2 aliphatic heterocycles. The first-order valence-corrected chi connectivity index (χ1v) is 24.3. The van der Waals surface area contributed by atoms with Crippen molar-refractivity contribution in [3.8, 4) is 11.5 Å². The molecule has 4 heterocycles. The molecule has 0 aliphatic carbocycles. The third-order valence-electron chi connectivity index (χ3n) is 11.6. The summed E-state index contributed by atoms with van der Waals surface area (Å²) in [6, 6.07) is 52.4. The van der Waals surface area contributed by atoms with Crippen molar-refractivity contribution in [2.24, 2.45) is 0 Å². The van der Waals surface area contributed by atoms with Crippen molar-refractivity contribution in [2.75, 3.05) is 26.2 Å². The number of ether oxygens (including phenoxy) is 2. The SMILES string of the molecule is C.CC(=O)OOC(C)=O.CC(=O)[O-].O=Cc1ccc(OCc2ccccc2)cc1.[B].[Na+].c1ccc(COc2ccc(CN3CCC(c4nc5ccccc5[nH]4)CC3)cc2)cc1.c1ccc2[nH]c(C3CCNCC3)nc2c1. The zero-order chi connectivity index (χ0) is 51.6. The van der Waals surface area contributed by atoms with E-state index in [0.29, 0.717) is 30.6 Å². The summed E-state index contributed by atoms with van der Waals surface area (Å²) in [5, 5.41) is 12.3. The van der Waals surface area contributed by atoms with Gasteiger partial charge in [-0.05, 0) is 136 Å². The summed E-state index contributed by atoms with van der Waals surface area (Å²) >= 11 is 0. The number of hydrogen-bond donors (Lipinski definition) is 3. The molecule has 0 spiro atoms. The molecular weight excluding hydrogens is 970 g/mol. The fraction of sp³-hybridized carbons (Fsp3) is 0.288. The van der Waals surface area contributed by atoms with Gasteiger partial charge in [0.15, 0.2) is 0 Å². The minimum atomic E-state index is -1.08. The number of piperidine rings is 2. The number of carbonyl (C=O) groups excluding carboxylic acids is 4. The molecule has 2 aromatic heterocycles. The summed E-state index contributed by atoms with van der Waals surface area (Å²) in [6.45, 7) is 9.83. The number of carboxylic acid groups (broad SMARTS) is 1. The molecule has 8 aromatic rings. The Balaban J connectivity index is 0.000000282. The average molecular weight is 1040 g/mol. The molecule has 0 unspecified atom stereocenters. The Morgan fingerprint density at radius 3 is 1.38 bits per heavy atom. The summed E-state index contributed by atoms with van der Waals surface area (Å²) in [4.78, 5) is 65.6. The summed E-state index contributed by atoms with van der Waals surface area (Å²) in [5.41, 5.74) is 8.78.